The fourth-order valence-electron chi connectivity index (χ4n) is 1.59. The molecule has 2 nitrogen and oxygen atoms in total. The second kappa shape index (κ2) is 8.74. The Hall–Kier alpha value is -1.30. The molecule has 2 heteroatoms. The van der Waals surface area contributed by atoms with Crippen molar-refractivity contribution in [2.45, 2.75) is 20.3 Å². The number of terminal acetylenes is 1. The van der Waals surface area contributed by atoms with Crippen molar-refractivity contribution in [3.63, 3.8) is 0 Å². The minimum Gasteiger partial charge on any atom is -0.380 e. The highest BCUT2D eigenvalue weighted by Gasteiger charge is 1.95. The van der Waals surface area contributed by atoms with E-state index >= 15 is 0 Å². The summed E-state index contributed by atoms with van der Waals surface area (Å²) in [5.41, 5.74) is 2.20. The summed E-state index contributed by atoms with van der Waals surface area (Å²) in [4.78, 5) is 0. The first-order chi connectivity index (χ1) is 8.72. The molecule has 0 amide bonds. The standard InChI is InChI=1S/C16H23NO/c1-4-15-5-7-16(8-6-15)9-11-18-12-10-17-13-14(2)3/h1,5-8,14,17H,9-13H2,2-3H3. The predicted octanol–water partition coefficient (Wildman–Crippen LogP) is 2.47. The van der Waals surface area contributed by atoms with E-state index < -0.39 is 0 Å². The normalized spacial score (nSPS) is 10.6. The molecular formula is C16H23NO. The lowest BCUT2D eigenvalue weighted by atomic mass is 10.1. The van der Waals surface area contributed by atoms with Gasteiger partial charge in [0.1, 0.15) is 0 Å². The van der Waals surface area contributed by atoms with Crippen molar-refractivity contribution in [3.8, 4) is 12.3 Å². The van der Waals surface area contributed by atoms with Crippen LogP contribution in [0.15, 0.2) is 24.3 Å². The lowest BCUT2D eigenvalue weighted by molar-refractivity contribution is 0.138. The van der Waals surface area contributed by atoms with Crippen molar-refractivity contribution < 1.29 is 4.74 Å². The molecule has 0 heterocycles. The molecule has 0 radical (unpaired) electrons. The molecule has 0 atom stereocenters. The summed E-state index contributed by atoms with van der Waals surface area (Å²) in [5.74, 6) is 3.31. The second-order valence-corrected chi connectivity index (χ2v) is 4.80. The van der Waals surface area contributed by atoms with Gasteiger partial charge in [0.05, 0.1) is 13.2 Å². The van der Waals surface area contributed by atoms with Gasteiger partial charge in [0, 0.05) is 12.1 Å². The Balaban J connectivity index is 2.05. The number of hydrogen-bond acceptors (Lipinski definition) is 2. The van der Waals surface area contributed by atoms with E-state index in [2.05, 4.69) is 37.2 Å². The van der Waals surface area contributed by atoms with E-state index in [9.17, 15) is 0 Å². The average Bonchev–Trinajstić information content (AvgIpc) is 2.38. The van der Waals surface area contributed by atoms with Gasteiger partial charge in [-0.05, 0) is 36.6 Å². The van der Waals surface area contributed by atoms with Gasteiger partial charge in [0.2, 0.25) is 0 Å². The molecule has 0 saturated carbocycles. The summed E-state index contributed by atoms with van der Waals surface area (Å²) in [6, 6.07) is 8.07. The maximum Gasteiger partial charge on any atom is 0.0591 e. The van der Waals surface area contributed by atoms with Crippen LogP contribution in [0.3, 0.4) is 0 Å². The second-order valence-electron chi connectivity index (χ2n) is 4.80. The van der Waals surface area contributed by atoms with Crippen LogP contribution in [-0.2, 0) is 11.2 Å². The molecule has 18 heavy (non-hydrogen) atoms. The maximum absolute atomic E-state index is 5.57. The Morgan fingerprint density at radius 2 is 1.94 bits per heavy atom. The molecular weight excluding hydrogens is 222 g/mol. The van der Waals surface area contributed by atoms with Crippen LogP contribution in [0.2, 0.25) is 0 Å². The van der Waals surface area contributed by atoms with Crippen LogP contribution in [0.1, 0.15) is 25.0 Å². The molecule has 1 aromatic rings. The molecule has 0 aliphatic carbocycles. The molecule has 1 rings (SSSR count). The summed E-state index contributed by atoms with van der Waals surface area (Å²) in [7, 11) is 0. The number of hydrogen-bond donors (Lipinski definition) is 1. The first kappa shape index (κ1) is 14.8. The van der Waals surface area contributed by atoms with Crippen LogP contribution in [-0.4, -0.2) is 26.3 Å². The molecule has 1 aromatic carbocycles. The number of ether oxygens (including phenoxy) is 1. The molecule has 0 unspecified atom stereocenters. The Morgan fingerprint density at radius 1 is 1.22 bits per heavy atom. The highest BCUT2D eigenvalue weighted by Crippen LogP contribution is 2.04. The topological polar surface area (TPSA) is 21.3 Å². The molecule has 0 aliphatic rings. The van der Waals surface area contributed by atoms with Gasteiger partial charge in [0.15, 0.2) is 0 Å². The monoisotopic (exact) mass is 245 g/mol. The Bertz CT molecular complexity index is 362. The number of nitrogens with one attached hydrogen (secondary N) is 1. The van der Waals surface area contributed by atoms with E-state index in [-0.39, 0.29) is 0 Å². The lowest BCUT2D eigenvalue weighted by Gasteiger charge is -2.08. The van der Waals surface area contributed by atoms with Gasteiger partial charge in [-0.3, -0.25) is 0 Å². The van der Waals surface area contributed by atoms with Crippen LogP contribution < -0.4 is 5.32 Å². The Kier molecular flexibility index (Phi) is 7.17. The van der Waals surface area contributed by atoms with Gasteiger partial charge in [-0.2, -0.15) is 0 Å². The van der Waals surface area contributed by atoms with E-state index in [0.29, 0.717) is 5.92 Å². The fraction of sp³-hybridized carbons (Fsp3) is 0.500. The zero-order valence-corrected chi connectivity index (χ0v) is 11.4. The zero-order chi connectivity index (χ0) is 13.2. The first-order valence-electron chi connectivity index (χ1n) is 6.56. The smallest absolute Gasteiger partial charge is 0.0591 e. The third-order valence-electron chi connectivity index (χ3n) is 2.63. The molecule has 0 aliphatic heterocycles. The van der Waals surface area contributed by atoms with Crippen molar-refractivity contribution in [2.24, 2.45) is 5.92 Å². The van der Waals surface area contributed by atoms with Crippen molar-refractivity contribution in [3.05, 3.63) is 35.4 Å². The quantitative estimate of drug-likeness (QED) is 0.561. The Labute approximate surface area is 111 Å². The van der Waals surface area contributed by atoms with Crippen LogP contribution in [0, 0.1) is 18.3 Å². The molecule has 0 spiro atoms. The highest BCUT2D eigenvalue weighted by atomic mass is 16.5. The number of rotatable bonds is 8. The lowest BCUT2D eigenvalue weighted by Crippen LogP contribution is -2.24. The van der Waals surface area contributed by atoms with Crippen LogP contribution in [0.25, 0.3) is 0 Å². The first-order valence-corrected chi connectivity index (χ1v) is 6.56. The van der Waals surface area contributed by atoms with E-state index in [1.54, 1.807) is 0 Å². The van der Waals surface area contributed by atoms with Crippen LogP contribution >= 0.6 is 0 Å². The molecule has 0 fully saturated rings. The van der Waals surface area contributed by atoms with E-state index in [1.165, 1.54) is 5.56 Å². The minimum absolute atomic E-state index is 0.694. The third-order valence-corrected chi connectivity index (χ3v) is 2.63. The van der Waals surface area contributed by atoms with Gasteiger partial charge in [-0.15, -0.1) is 6.42 Å². The van der Waals surface area contributed by atoms with Gasteiger partial charge in [-0.1, -0.05) is 31.9 Å². The summed E-state index contributed by atoms with van der Waals surface area (Å²) in [6.07, 6.45) is 6.25. The van der Waals surface area contributed by atoms with Gasteiger partial charge >= 0.3 is 0 Å². The van der Waals surface area contributed by atoms with E-state index in [0.717, 1.165) is 38.3 Å². The molecule has 98 valence electrons. The minimum atomic E-state index is 0.694. The van der Waals surface area contributed by atoms with Crippen molar-refractivity contribution in [1.29, 1.82) is 0 Å². The van der Waals surface area contributed by atoms with Gasteiger partial charge in [0.25, 0.3) is 0 Å². The van der Waals surface area contributed by atoms with E-state index in [4.69, 9.17) is 11.2 Å². The van der Waals surface area contributed by atoms with E-state index in [1.807, 2.05) is 12.1 Å². The zero-order valence-electron chi connectivity index (χ0n) is 11.4. The SMILES string of the molecule is C#Cc1ccc(CCOCCNCC(C)C)cc1. The molecule has 0 bridgehead atoms. The van der Waals surface area contributed by atoms with Gasteiger partial charge in [-0.25, -0.2) is 0 Å². The highest BCUT2D eigenvalue weighted by molar-refractivity contribution is 5.34. The summed E-state index contributed by atoms with van der Waals surface area (Å²) in [6.45, 7) is 7.92. The predicted molar refractivity (Wildman–Crippen MR) is 76.6 cm³/mol. The van der Waals surface area contributed by atoms with Crippen molar-refractivity contribution >= 4 is 0 Å². The summed E-state index contributed by atoms with van der Waals surface area (Å²) < 4.78 is 5.57. The molecule has 0 saturated heterocycles. The Morgan fingerprint density at radius 3 is 2.56 bits per heavy atom. The fourth-order valence-corrected chi connectivity index (χ4v) is 1.59. The third kappa shape index (κ3) is 6.44. The maximum atomic E-state index is 5.57. The van der Waals surface area contributed by atoms with Crippen molar-refractivity contribution in [2.75, 3.05) is 26.3 Å². The van der Waals surface area contributed by atoms with Crippen molar-refractivity contribution in [1.82, 2.24) is 5.32 Å². The summed E-state index contributed by atoms with van der Waals surface area (Å²) in [5, 5.41) is 3.35. The van der Waals surface area contributed by atoms with Crippen LogP contribution in [0.4, 0.5) is 0 Å². The number of benzene rings is 1. The van der Waals surface area contributed by atoms with Crippen LogP contribution in [0.5, 0.6) is 0 Å². The largest absolute Gasteiger partial charge is 0.380 e. The average molecular weight is 245 g/mol. The molecule has 0 aromatic heterocycles. The molecule has 1 N–H and O–H groups in total. The summed E-state index contributed by atoms with van der Waals surface area (Å²) >= 11 is 0. The van der Waals surface area contributed by atoms with Gasteiger partial charge < -0.3 is 10.1 Å².